The van der Waals surface area contributed by atoms with E-state index in [1.54, 1.807) is 20.8 Å². The molecule has 0 spiro atoms. The van der Waals surface area contributed by atoms with E-state index in [4.69, 9.17) is 48.8 Å². The number of carbonyl (C=O) groups excluding carboxylic acids is 5. The molecule has 0 aromatic rings. The van der Waals surface area contributed by atoms with Gasteiger partial charge in [0.05, 0.1) is 66.2 Å². The monoisotopic (exact) mass is 1050 g/mol. The van der Waals surface area contributed by atoms with Gasteiger partial charge in [-0.05, 0) is 177 Å². The van der Waals surface area contributed by atoms with Gasteiger partial charge in [0.2, 0.25) is 0 Å². The van der Waals surface area contributed by atoms with Gasteiger partial charge in [-0.15, -0.1) is 0 Å². The second kappa shape index (κ2) is 32.6. The molecular weight excluding hydrogens is 945 g/mol. The number of carbonyl (C=O) groups is 5. The fourth-order valence-electron chi connectivity index (χ4n) is 7.78. The van der Waals surface area contributed by atoms with Gasteiger partial charge in [0.1, 0.15) is 31.0 Å². The van der Waals surface area contributed by atoms with Crippen LogP contribution < -0.4 is 0 Å². The van der Waals surface area contributed by atoms with E-state index in [-0.39, 0.29) is 68.3 Å². The summed E-state index contributed by atoms with van der Waals surface area (Å²) in [6.45, 7) is 31.1. The quantitative estimate of drug-likeness (QED) is 0.0326. The first-order chi connectivity index (χ1) is 33.7. The molecule has 4 aliphatic carbocycles. The molecule has 1 aliphatic heterocycles. The molecule has 4 unspecified atom stereocenters. The van der Waals surface area contributed by atoms with E-state index in [0.717, 1.165) is 69.6 Å². The molecule has 6 N–H and O–H groups in total. The van der Waals surface area contributed by atoms with Crippen molar-refractivity contribution < 1.29 is 83.0 Å². The molecule has 0 amide bonds. The number of unbranched alkanes of at least 4 members (excludes halogenated alkanes) is 1. The highest BCUT2D eigenvalue weighted by Gasteiger charge is 2.57. The molecule has 17 nitrogen and oxygen atoms in total. The van der Waals surface area contributed by atoms with Crippen LogP contribution in [0.1, 0.15) is 194 Å². The number of hydrogen-bond donors (Lipinski definition) is 6. The largest absolute Gasteiger partial charge is 0.465 e. The molecule has 0 radical (unpaired) electrons. The second-order valence-electron chi connectivity index (χ2n) is 23.9. The zero-order chi connectivity index (χ0) is 56.6. The number of aliphatic hydroxyl groups is 6. The van der Waals surface area contributed by atoms with Crippen LogP contribution in [0.5, 0.6) is 0 Å². The minimum absolute atomic E-state index is 0.140. The highest BCUT2D eigenvalue weighted by atomic mass is 16.6. The topological polar surface area (TPSA) is 262 Å². The lowest BCUT2D eigenvalue weighted by molar-refractivity contribution is -0.206. The van der Waals surface area contributed by atoms with Crippen LogP contribution in [0, 0.1) is 50.7 Å². The third-order valence-electron chi connectivity index (χ3n) is 15.6. The van der Waals surface area contributed by atoms with Crippen LogP contribution in [-0.2, 0) is 52.4 Å². The van der Waals surface area contributed by atoms with Crippen molar-refractivity contribution in [1.82, 2.24) is 0 Å². The van der Waals surface area contributed by atoms with Crippen molar-refractivity contribution in [2.75, 3.05) is 52.9 Å². The van der Waals surface area contributed by atoms with Gasteiger partial charge in [-0.2, -0.15) is 0 Å². The Labute approximate surface area is 439 Å². The fourth-order valence-corrected chi connectivity index (χ4v) is 7.78. The molecule has 5 fully saturated rings. The van der Waals surface area contributed by atoms with Crippen molar-refractivity contribution in [3.05, 3.63) is 0 Å². The molecule has 4 atom stereocenters. The third kappa shape index (κ3) is 24.3. The van der Waals surface area contributed by atoms with E-state index in [9.17, 15) is 34.2 Å². The summed E-state index contributed by atoms with van der Waals surface area (Å²) in [5, 5.41) is 55.3. The molecule has 4 saturated carbocycles. The van der Waals surface area contributed by atoms with Crippen LogP contribution in [0.15, 0.2) is 0 Å². The Morgan fingerprint density at radius 3 is 1.34 bits per heavy atom. The van der Waals surface area contributed by atoms with Crippen molar-refractivity contribution in [3.63, 3.8) is 0 Å². The summed E-state index contributed by atoms with van der Waals surface area (Å²) in [6.07, 6.45) is 9.02. The molecule has 5 rings (SSSR count). The average molecular weight is 1050 g/mol. The Balaban J connectivity index is 0.000000902. The van der Waals surface area contributed by atoms with Crippen LogP contribution >= 0.6 is 0 Å². The smallest absolute Gasteiger partial charge is 0.311 e. The van der Waals surface area contributed by atoms with Crippen molar-refractivity contribution >= 4 is 29.8 Å². The Morgan fingerprint density at radius 2 is 0.973 bits per heavy atom. The number of hydrogen-bond acceptors (Lipinski definition) is 17. The maximum absolute atomic E-state index is 12.1. The Bertz CT molecular complexity index is 1590. The fraction of sp³-hybridized carbons (Fsp3) is 0.911. The molecule has 1 saturated heterocycles. The van der Waals surface area contributed by atoms with Gasteiger partial charge in [-0.3, -0.25) is 24.0 Å². The summed E-state index contributed by atoms with van der Waals surface area (Å²) in [6, 6.07) is 0. The molecule has 0 aromatic heterocycles. The minimum atomic E-state index is -0.975. The number of ether oxygens (including phenoxy) is 6. The predicted octanol–water partition coefficient (Wildman–Crippen LogP) is 7.67. The van der Waals surface area contributed by atoms with E-state index in [1.165, 1.54) is 6.42 Å². The summed E-state index contributed by atoms with van der Waals surface area (Å²) in [5.41, 5.74) is -2.97. The molecule has 430 valence electrons. The van der Waals surface area contributed by atoms with Crippen molar-refractivity contribution in [1.29, 1.82) is 0 Å². The summed E-state index contributed by atoms with van der Waals surface area (Å²) >= 11 is 0. The van der Waals surface area contributed by atoms with E-state index >= 15 is 0 Å². The highest BCUT2D eigenvalue weighted by molar-refractivity contribution is 5.77. The van der Waals surface area contributed by atoms with Crippen LogP contribution in [-0.4, -0.2) is 143 Å². The summed E-state index contributed by atoms with van der Waals surface area (Å²) in [7, 11) is 0. The summed E-state index contributed by atoms with van der Waals surface area (Å²) in [4.78, 5) is 57.8. The maximum Gasteiger partial charge on any atom is 0.311 e. The van der Waals surface area contributed by atoms with Gasteiger partial charge >= 0.3 is 29.8 Å². The van der Waals surface area contributed by atoms with Crippen molar-refractivity contribution in [2.24, 2.45) is 50.7 Å². The number of esters is 5. The van der Waals surface area contributed by atoms with Gasteiger partial charge in [0.25, 0.3) is 0 Å². The molecule has 5 aliphatic rings. The molecular formula is C56H104O17. The van der Waals surface area contributed by atoms with Gasteiger partial charge in [-0.25, -0.2) is 0 Å². The normalized spacial score (nSPS) is 24.0. The summed E-state index contributed by atoms with van der Waals surface area (Å²) in [5.74, 6) is 1.25. The van der Waals surface area contributed by atoms with Gasteiger partial charge in [0, 0.05) is 13.0 Å². The highest BCUT2D eigenvalue weighted by Crippen LogP contribution is 2.58. The van der Waals surface area contributed by atoms with Gasteiger partial charge in [-0.1, -0.05) is 34.6 Å². The Kier molecular flexibility index (Phi) is 31.3. The average Bonchev–Trinajstić information content (AvgIpc) is 3.76. The minimum Gasteiger partial charge on any atom is -0.465 e. The Hall–Kier alpha value is -2.93. The van der Waals surface area contributed by atoms with Gasteiger partial charge in [0.15, 0.2) is 6.10 Å². The first-order valence-corrected chi connectivity index (χ1v) is 27.2. The van der Waals surface area contributed by atoms with E-state index in [0.29, 0.717) is 50.9 Å². The third-order valence-corrected chi connectivity index (χ3v) is 15.6. The lowest BCUT2D eigenvalue weighted by atomic mass is 9.50. The zero-order valence-corrected chi connectivity index (χ0v) is 48.1. The van der Waals surface area contributed by atoms with Crippen LogP contribution in [0.4, 0.5) is 0 Å². The molecule has 73 heavy (non-hydrogen) atoms. The molecule has 17 heteroatoms. The number of rotatable bonds is 23. The van der Waals surface area contributed by atoms with E-state index in [2.05, 4.69) is 0 Å². The predicted molar refractivity (Wildman–Crippen MR) is 279 cm³/mol. The van der Waals surface area contributed by atoms with Gasteiger partial charge < -0.3 is 59.1 Å². The zero-order valence-electron chi connectivity index (χ0n) is 48.1. The summed E-state index contributed by atoms with van der Waals surface area (Å²) < 4.78 is 30.6. The molecule has 1 heterocycles. The SMILES string of the molecule is CCC(C)(C)C(=O)OC1COCC1O.CCC(C)(C)C(=O)OCC(O)CO.CCC(C)(C)C(=O)OCC1(O)C2CC3CC(C2)CC1C3.CCC(C)(C)C(=O)OCCC(C)O.CCC(C)(C)C(=O)OCCCCO. The van der Waals surface area contributed by atoms with Crippen LogP contribution in [0.25, 0.3) is 0 Å². The van der Waals surface area contributed by atoms with Crippen LogP contribution in [0.2, 0.25) is 0 Å². The standard InChI is InChI=1S/C17H28O3.C10H18O4.2C10H20O3.C9H18O4/c1-4-16(2,3)15(18)20-10-17(19)13-6-11-5-12(8-13)9-14(17)7-11;1-4-10(2,3)9(12)14-8-6-13-5-7(8)11;1-5-10(3,4)9(12)13-7-6-8(2)11;1-4-10(2,3)9(12)13-8-6-5-7-11;1-4-9(2,3)8(12)13-6-7(11)5-10/h11-14,19H,4-10H2,1-3H3;7-8,11H,4-6H2,1-3H3;8,11H,5-7H2,1-4H3;11H,4-8H2,1-3H3;7,10-11H,4-6H2,1-3H3. The Morgan fingerprint density at radius 1 is 0.575 bits per heavy atom. The number of aliphatic hydroxyl groups excluding tert-OH is 5. The van der Waals surface area contributed by atoms with E-state index in [1.807, 2.05) is 90.0 Å². The van der Waals surface area contributed by atoms with Crippen molar-refractivity contribution in [2.45, 2.75) is 224 Å². The lowest BCUT2D eigenvalue weighted by Crippen LogP contribution is -2.60. The first-order valence-electron chi connectivity index (χ1n) is 27.2. The first kappa shape index (κ1) is 70.1. The van der Waals surface area contributed by atoms with Crippen molar-refractivity contribution in [3.8, 4) is 0 Å². The van der Waals surface area contributed by atoms with E-state index < -0.39 is 51.7 Å². The molecule has 4 bridgehead atoms. The lowest BCUT2D eigenvalue weighted by Gasteiger charge is -2.58. The van der Waals surface area contributed by atoms with Crippen LogP contribution in [0.3, 0.4) is 0 Å². The molecule has 0 aromatic carbocycles. The maximum atomic E-state index is 12.1. The second-order valence-corrected chi connectivity index (χ2v) is 23.9.